The average molecular weight is 345 g/mol. The number of aliphatic hydroxyl groups is 1. The van der Waals surface area contributed by atoms with E-state index in [2.05, 4.69) is 23.5 Å². The van der Waals surface area contributed by atoms with Crippen LogP contribution in [0.5, 0.6) is 5.75 Å². The van der Waals surface area contributed by atoms with Crippen molar-refractivity contribution in [3.05, 3.63) is 28.8 Å². The molecule has 1 heterocycles. The summed E-state index contributed by atoms with van der Waals surface area (Å²) < 4.78 is 20.7. The minimum atomic E-state index is -1.58. The molecule has 6 atom stereocenters. The normalized spacial score (nSPS) is 42.5. The molecular formula is C19H23NO3S. The molecule has 0 amide bonds. The van der Waals surface area contributed by atoms with Crippen LogP contribution in [0.3, 0.4) is 0 Å². The second kappa shape index (κ2) is 5.15. The van der Waals surface area contributed by atoms with Crippen molar-refractivity contribution >= 4 is 17.5 Å². The van der Waals surface area contributed by atoms with Gasteiger partial charge >= 0.3 is 11.3 Å². The first-order chi connectivity index (χ1) is 11.6. The molecule has 128 valence electrons. The fraction of sp³-hybridized carbons (Fsp3) is 0.632. The maximum absolute atomic E-state index is 11.5. The fourth-order valence-corrected chi connectivity index (χ4v) is 6.50. The van der Waals surface area contributed by atoms with Crippen LogP contribution in [0.2, 0.25) is 0 Å². The van der Waals surface area contributed by atoms with Gasteiger partial charge in [-0.25, -0.2) is 0 Å². The van der Waals surface area contributed by atoms with Crippen molar-refractivity contribution in [3.63, 3.8) is 0 Å². The summed E-state index contributed by atoms with van der Waals surface area (Å²) in [5, 5.41) is 10.5. The summed E-state index contributed by atoms with van der Waals surface area (Å²) in [6.07, 6.45) is 8.22. The van der Waals surface area contributed by atoms with Crippen molar-refractivity contribution in [3.8, 4) is 5.75 Å². The third kappa shape index (κ3) is 2.00. The minimum absolute atomic E-state index is 0.119. The lowest BCUT2D eigenvalue weighted by Gasteiger charge is -2.50. The van der Waals surface area contributed by atoms with Crippen LogP contribution in [-0.2, 0) is 17.7 Å². The van der Waals surface area contributed by atoms with Crippen LogP contribution in [0.15, 0.2) is 16.5 Å². The highest BCUT2D eigenvalue weighted by molar-refractivity contribution is 7.79. The van der Waals surface area contributed by atoms with E-state index in [1.54, 1.807) is 6.21 Å². The Kier molecular flexibility index (Phi) is 3.24. The van der Waals surface area contributed by atoms with Gasteiger partial charge < -0.3 is 9.29 Å². The molecule has 1 aromatic carbocycles. The second-order valence-corrected chi connectivity index (χ2v) is 8.99. The molecule has 0 radical (unpaired) electrons. The predicted molar refractivity (Wildman–Crippen MR) is 93.4 cm³/mol. The Balaban J connectivity index is 1.54. The van der Waals surface area contributed by atoms with Crippen LogP contribution in [0.4, 0.5) is 0 Å². The molecule has 0 saturated heterocycles. The summed E-state index contributed by atoms with van der Waals surface area (Å²) in [7, 11) is 0. The monoisotopic (exact) mass is 345 g/mol. The van der Waals surface area contributed by atoms with Crippen LogP contribution in [0, 0.1) is 17.3 Å². The molecule has 24 heavy (non-hydrogen) atoms. The Hall–Kier alpha value is -1.20. The predicted octanol–water partition coefficient (Wildman–Crippen LogP) is 3.29. The molecule has 1 N–H and O–H groups in total. The van der Waals surface area contributed by atoms with E-state index in [1.807, 2.05) is 0 Å². The summed E-state index contributed by atoms with van der Waals surface area (Å²) in [6.45, 7) is 2.31. The molecule has 5 rings (SSSR count). The molecule has 3 aliphatic carbocycles. The molecule has 4 nitrogen and oxygen atoms in total. The quantitative estimate of drug-likeness (QED) is 0.785. The lowest BCUT2D eigenvalue weighted by molar-refractivity contribution is -0.0226. The van der Waals surface area contributed by atoms with Crippen molar-refractivity contribution in [2.45, 2.75) is 57.5 Å². The van der Waals surface area contributed by atoms with Gasteiger partial charge in [-0.2, -0.15) is 8.61 Å². The van der Waals surface area contributed by atoms with Crippen LogP contribution in [-0.4, -0.2) is 21.6 Å². The number of rotatable bonds is 0. The Morgan fingerprint density at radius 3 is 3.04 bits per heavy atom. The third-order valence-corrected chi connectivity index (χ3v) is 7.84. The summed E-state index contributed by atoms with van der Waals surface area (Å²) in [4.78, 5) is 0. The van der Waals surface area contributed by atoms with Gasteiger partial charge in [0.05, 0.1) is 12.3 Å². The van der Waals surface area contributed by atoms with Crippen molar-refractivity contribution in [1.82, 2.24) is 0 Å². The van der Waals surface area contributed by atoms with E-state index >= 15 is 0 Å². The second-order valence-electron chi connectivity index (χ2n) is 8.18. The first-order valence-corrected chi connectivity index (χ1v) is 10.1. The first kappa shape index (κ1) is 15.1. The number of nitrogens with zero attached hydrogens (tertiary/aromatic N) is 1. The molecule has 5 heteroatoms. The van der Waals surface area contributed by atoms with Crippen LogP contribution < -0.4 is 4.18 Å². The SMILES string of the molecule is CC12CCC3c4cc5c(cc4CCC3C1CCC2O)OS(=O)N=C5. The number of fused-ring (bicyclic) bond motifs is 6. The number of hydrogen-bond donors (Lipinski definition) is 1. The Morgan fingerprint density at radius 2 is 2.17 bits per heavy atom. The molecule has 0 bridgehead atoms. The molecule has 1 aliphatic heterocycles. The Labute approximate surface area is 145 Å². The summed E-state index contributed by atoms with van der Waals surface area (Å²) >= 11 is -1.58. The molecule has 2 fully saturated rings. The van der Waals surface area contributed by atoms with Crippen molar-refractivity contribution < 1.29 is 13.5 Å². The molecule has 4 aliphatic rings. The van der Waals surface area contributed by atoms with Crippen molar-refractivity contribution in [2.75, 3.05) is 0 Å². The van der Waals surface area contributed by atoms with Gasteiger partial charge in [0.15, 0.2) is 5.75 Å². The highest BCUT2D eigenvalue weighted by Gasteiger charge is 2.54. The van der Waals surface area contributed by atoms with Crippen LogP contribution >= 0.6 is 0 Å². The molecule has 0 spiro atoms. The first-order valence-electron chi connectivity index (χ1n) is 9.05. The Morgan fingerprint density at radius 1 is 1.29 bits per heavy atom. The fourth-order valence-electron chi connectivity index (χ4n) is 5.96. The zero-order valence-electron chi connectivity index (χ0n) is 13.9. The molecule has 1 aromatic rings. The lowest BCUT2D eigenvalue weighted by Crippen LogP contribution is -2.44. The van der Waals surface area contributed by atoms with E-state index in [1.165, 1.54) is 24.0 Å². The van der Waals surface area contributed by atoms with Gasteiger partial charge in [-0.15, -0.1) is 0 Å². The van der Waals surface area contributed by atoms with E-state index in [0.29, 0.717) is 23.5 Å². The highest BCUT2D eigenvalue weighted by Crippen LogP contribution is 2.61. The maximum Gasteiger partial charge on any atom is 0.338 e. The zero-order valence-corrected chi connectivity index (χ0v) is 14.7. The number of hydrogen-bond acceptors (Lipinski definition) is 3. The third-order valence-electron chi connectivity index (χ3n) is 7.24. The van der Waals surface area contributed by atoms with E-state index in [-0.39, 0.29) is 11.5 Å². The minimum Gasteiger partial charge on any atom is -0.393 e. The van der Waals surface area contributed by atoms with Crippen molar-refractivity contribution in [1.29, 1.82) is 0 Å². The summed E-state index contributed by atoms with van der Waals surface area (Å²) in [5.41, 5.74) is 3.86. The van der Waals surface area contributed by atoms with Crippen molar-refractivity contribution in [2.24, 2.45) is 21.6 Å². The van der Waals surface area contributed by atoms with E-state index in [9.17, 15) is 9.32 Å². The van der Waals surface area contributed by atoms with E-state index < -0.39 is 11.3 Å². The van der Waals surface area contributed by atoms with Gasteiger partial charge in [0, 0.05) is 5.56 Å². The zero-order chi connectivity index (χ0) is 16.5. The summed E-state index contributed by atoms with van der Waals surface area (Å²) in [6, 6.07) is 4.30. The van der Waals surface area contributed by atoms with Crippen LogP contribution in [0.1, 0.15) is 61.6 Å². The van der Waals surface area contributed by atoms with Crippen LogP contribution in [0.25, 0.3) is 0 Å². The average Bonchev–Trinajstić information content (AvgIpc) is 2.88. The van der Waals surface area contributed by atoms with Gasteiger partial charge in [-0.05, 0) is 85.0 Å². The van der Waals surface area contributed by atoms with Gasteiger partial charge in [0.25, 0.3) is 0 Å². The van der Waals surface area contributed by atoms with Gasteiger partial charge in [0.2, 0.25) is 0 Å². The largest absolute Gasteiger partial charge is 0.393 e. The number of benzene rings is 1. The molecular weight excluding hydrogens is 322 g/mol. The maximum atomic E-state index is 11.5. The van der Waals surface area contributed by atoms with Gasteiger partial charge in [0.1, 0.15) is 0 Å². The standard InChI is InChI=1S/C19H23NO3S/c1-19-7-6-13-14(16(19)4-5-18(19)21)3-2-11-9-17-12(8-15(11)13)10-20-24(22)23-17/h8-10,13-14,16,18,21H,2-7H2,1H3. The molecule has 6 unspecified atom stereocenters. The number of aliphatic hydroxyl groups excluding tert-OH is 1. The molecule has 0 aromatic heterocycles. The van der Waals surface area contributed by atoms with Gasteiger partial charge in [-0.3, -0.25) is 0 Å². The Bertz CT molecular complexity index is 761. The van der Waals surface area contributed by atoms with E-state index in [4.69, 9.17) is 4.18 Å². The molecule has 2 saturated carbocycles. The number of aryl methyl sites for hydroxylation is 1. The lowest BCUT2D eigenvalue weighted by atomic mass is 9.55. The topological polar surface area (TPSA) is 58.9 Å². The smallest absolute Gasteiger partial charge is 0.338 e. The van der Waals surface area contributed by atoms with E-state index in [0.717, 1.165) is 31.2 Å². The summed E-state index contributed by atoms with van der Waals surface area (Å²) in [5.74, 6) is 2.62. The highest BCUT2D eigenvalue weighted by atomic mass is 32.2. The van der Waals surface area contributed by atoms with Gasteiger partial charge in [-0.1, -0.05) is 6.92 Å².